The van der Waals surface area contributed by atoms with Gasteiger partial charge in [0.25, 0.3) is 5.91 Å². The van der Waals surface area contributed by atoms with Crippen molar-refractivity contribution in [3.63, 3.8) is 0 Å². The zero-order valence-corrected chi connectivity index (χ0v) is 15.2. The molecule has 7 nitrogen and oxygen atoms in total. The molecule has 26 heavy (non-hydrogen) atoms. The molecule has 1 aliphatic heterocycles. The lowest BCUT2D eigenvalue weighted by Gasteiger charge is -2.36. The monoisotopic (exact) mass is 356 g/mol. The first-order chi connectivity index (χ1) is 12.7. The van der Waals surface area contributed by atoms with E-state index in [1.807, 2.05) is 22.8 Å². The summed E-state index contributed by atoms with van der Waals surface area (Å²) >= 11 is 0. The first kappa shape index (κ1) is 17.0. The maximum Gasteiger partial charge on any atom is 0.260 e. The van der Waals surface area contributed by atoms with E-state index in [0.717, 1.165) is 18.7 Å². The van der Waals surface area contributed by atoms with Crippen molar-refractivity contribution >= 4 is 5.91 Å². The van der Waals surface area contributed by atoms with E-state index in [2.05, 4.69) is 10.1 Å². The van der Waals surface area contributed by atoms with Gasteiger partial charge in [-0.25, -0.2) is 4.98 Å². The summed E-state index contributed by atoms with van der Waals surface area (Å²) in [5.41, 5.74) is 2.73. The second-order valence-electron chi connectivity index (χ2n) is 6.98. The first-order valence-corrected chi connectivity index (χ1v) is 9.07. The van der Waals surface area contributed by atoms with Gasteiger partial charge in [-0.2, -0.15) is 5.10 Å². The van der Waals surface area contributed by atoms with Crippen LogP contribution in [0.25, 0.3) is 0 Å². The Morgan fingerprint density at radius 1 is 1.35 bits per heavy atom. The first-order valence-electron chi connectivity index (χ1n) is 9.07. The van der Waals surface area contributed by atoms with Crippen LogP contribution in [0.15, 0.2) is 24.5 Å². The van der Waals surface area contributed by atoms with Gasteiger partial charge >= 0.3 is 0 Å². The Morgan fingerprint density at radius 2 is 2.19 bits per heavy atom. The predicted molar refractivity (Wildman–Crippen MR) is 95.0 cm³/mol. The summed E-state index contributed by atoms with van der Waals surface area (Å²) in [4.78, 5) is 19.3. The highest BCUT2D eigenvalue weighted by Gasteiger charge is 2.35. The Bertz CT molecular complexity index is 800. The molecule has 138 valence electrons. The lowest BCUT2D eigenvalue weighted by Crippen LogP contribution is -2.43. The van der Waals surface area contributed by atoms with Gasteiger partial charge in [0, 0.05) is 26.4 Å². The van der Waals surface area contributed by atoms with Crippen molar-refractivity contribution in [2.75, 3.05) is 26.9 Å². The molecule has 1 atom stereocenters. The molecule has 0 radical (unpaired) electrons. The average Bonchev–Trinajstić information content (AvgIpc) is 3.42. The number of nitrogens with zero attached hydrogens (tertiary/aromatic N) is 4. The van der Waals surface area contributed by atoms with Gasteiger partial charge in [-0.3, -0.25) is 9.48 Å². The van der Waals surface area contributed by atoms with Gasteiger partial charge in [0.05, 0.1) is 31.6 Å². The van der Waals surface area contributed by atoms with Crippen LogP contribution >= 0.6 is 0 Å². The van der Waals surface area contributed by atoms with Crippen LogP contribution in [0.2, 0.25) is 0 Å². The minimum atomic E-state index is -0.151. The molecule has 1 saturated carbocycles. The van der Waals surface area contributed by atoms with Crippen LogP contribution in [-0.2, 0) is 18.2 Å². The number of amides is 1. The van der Waals surface area contributed by atoms with Crippen molar-refractivity contribution in [2.45, 2.75) is 25.3 Å². The van der Waals surface area contributed by atoms with Gasteiger partial charge in [0.15, 0.2) is 0 Å². The van der Waals surface area contributed by atoms with Crippen molar-refractivity contribution in [3.05, 3.63) is 41.3 Å². The molecule has 0 N–H and O–H groups in total. The van der Waals surface area contributed by atoms with E-state index >= 15 is 0 Å². The molecule has 0 bridgehead atoms. The van der Waals surface area contributed by atoms with Crippen LogP contribution < -0.4 is 4.74 Å². The maximum atomic E-state index is 13.3. The van der Waals surface area contributed by atoms with Crippen LogP contribution in [0.3, 0.4) is 0 Å². The fraction of sp³-hybridized carbons (Fsp3) is 0.526. The van der Waals surface area contributed by atoms with E-state index in [0.29, 0.717) is 30.5 Å². The molecule has 2 aliphatic rings. The number of hydrogen-bond acceptors (Lipinski definition) is 5. The Balaban J connectivity index is 1.62. The van der Waals surface area contributed by atoms with Gasteiger partial charge < -0.3 is 14.4 Å². The predicted octanol–water partition coefficient (Wildman–Crippen LogP) is 1.99. The lowest BCUT2D eigenvalue weighted by atomic mass is 9.99. The lowest BCUT2D eigenvalue weighted by molar-refractivity contribution is 0.0345. The van der Waals surface area contributed by atoms with E-state index in [9.17, 15) is 4.79 Å². The topological polar surface area (TPSA) is 69.5 Å². The normalized spacial score (nSPS) is 19.3. The van der Waals surface area contributed by atoms with E-state index in [1.54, 1.807) is 18.3 Å². The van der Waals surface area contributed by atoms with Crippen LogP contribution in [0.5, 0.6) is 5.88 Å². The summed E-state index contributed by atoms with van der Waals surface area (Å²) < 4.78 is 13.1. The minimum absolute atomic E-state index is 0.0816. The fourth-order valence-electron chi connectivity index (χ4n) is 3.57. The van der Waals surface area contributed by atoms with Crippen molar-refractivity contribution in [1.29, 1.82) is 0 Å². The molecule has 2 aromatic rings. The molecule has 7 heteroatoms. The SMILES string of the molecule is COc1ncccc1C(=O)N1CCc2cnn(C)c2[C@@H]1COCC1CC1. The highest BCUT2D eigenvalue weighted by Crippen LogP contribution is 2.33. The van der Waals surface area contributed by atoms with Crippen molar-refractivity contribution in [3.8, 4) is 5.88 Å². The molecule has 0 spiro atoms. The minimum Gasteiger partial charge on any atom is -0.480 e. The van der Waals surface area contributed by atoms with Gasteiger partial charge in [0.2, 0.25) is 5.88 Å². The van der Waals surface area contributed by atoms with Gasteiger partial charge in [0.1, 0.15) is 5.56 Å². The van der Waals surface area contributed by atoms with Crippen LogP contribution in [-0.4, -0.2) is 52.4 Å². The number of aryl methyl sites for hydroxylation is 1. The molecular weight excluding hydrogens is 332 g/mol. The molecule has 0 unspecified atom stereocenters. The highest BCUT2D eigenvalue weighted by atomic mass is 16.5. The Morgan fingerprint density at radius 3 is 2.96 bits per heavy atom. The molecule has 0 aromatic carbocycles. The third kappa shape index (κ3) is 3.19. The quantitative estimate of drug-likeness (QED) is 0.792. The number of carbonyl (C=O) groups is 1. The molecule has 0 saturated heterocycles. The second kappa shape index (κ2) is 7.07. The van der Waals surface area contributed by atoms with Crippen LogP contribution in [0.1, 0.15) is 40.5 Å². The third-order valence-electron chi connectivity index (χ3n) is 5.16. The van der Waals surface area contributed by atoms with Gasteiger partial charge in [-0.1, -0.05) is 0 Å². The summed E-state index contributed by atoms with van der Waals surface area (Å²) in [6.07, 6.45) is 6.81. The average molecular weight is 356 g/mol. The molecular formula is C19H24N4O3. The summed E-state index contributed by atoms with van der Waals surface area (Å²) in [6, 6.07) is 3.37. The zero-order chi connectivity index (χ0) is 18.1. The summed E-state index contributed by atoms with van der Waals surface area (Å²) in [5, 5.41) is 4.39. The van der Waals surface area contributed by atoms with E-state index in [4.69, 9.17) is 9.47 Å². The van der Waals surface area contributed by atoms with Gasteiger partial charge in [-0.15, -0.1) is 0 Å². The smallest absolute Gasteiger partial charge is 0.260 e. The summed E-state index contributed by atoms with van der Waals surface area (Å²) in [5.74, 6) is 0.958. The van der Waals surface area contributed by atoms with E-state index in [1.165, 1.54) is 25.5 Å². The van der Waals surface area contributed by atoms with Crippen LogP contribution in [0, 0.1) is 5.92 Å². The zero-order valence-electron chi connectivity index (χ0n) is 15.2. The largest absolute Gasteiger partial charge is 0.480 e. The Labute approximate surface area is 152 Å². The second-order valence-corrected chi connectivity index (χ2v) is 6.98. The molecule has 1 aliphatic carbocycles. The molecule has 2 aromatic heterocycles. The van der Waals surface area contributed by atoms with Crippen molar-refractivity contribution in [1.82, 2.24) is 19.7 Å². The van der Waals surface area contributed by atoms with Gasteiger partial charge in [-0.05, 0) is 42.9 Å². The Kier molecular flexibility index (Phi) is 4.63. The number of rotatable bonds is 6. The highest BCUT2D eigenvalue weighted by molar-refractivity contribution is 5.96. The Hall–Kier alpha value is -2.41. The van der Waals surface area contributed by atoms with E-state index in [-0.39, 0.29) is 11.9 Å². The fourth-order valence-corrected chi connectivity index (χ4v) is 3.57. The number of pyridine rings is 1. The van der Waals surface area contributed by atoms with Crippen LogP contribution in [0.4, 0.5) is 0 Å². The van der Waals surface area contributed by atoms with Crippen molar-refractivity contribution in [2.24, 2.45) is 13.0 Å². The standard InChI is InChI=1S/C19H24N4O3/c1-22-17-14(10-21-22)7-9-23(16(17)12-26-11-13-5-6-13)19(24)15-4-3-8-20-18(15)25-2/h3-4,8,10,13,16H,5-7,9,11-12H2,1-2H3/t16-/m0/s1. The molecule has 1 amide bonds. The van der Waals surface area contributed by atoms with E-state index < -0.39 is 0 Å². The summed E-state index contributed by atoms with van der Waals surface area (Å²) in [7, 11) is 3.45. The number of fused-ring (bicyclic) bond motifs is 1. The number of ether oxygens (including phenoxy) is 2. The maximum absolute atomic E-state index is 13.3. The summed E-state index contributed by atoms with van der Waals surface area (Å²) in [6.45, 7) is 1.88. The van der Waals surface area contributed by atoms with Crippen molar-refractivity contribution < 1.29 is 14.3 Å². The third-order valence-corrected chi connectivity index (χ3v) is 5.16. The number of hydrogen-bond donors (Lipinski definition) is 0. The molecule has 1 fully saturated rings. The molecule has 4 rings (SSSR count). The number of methoxy groups -OCH3 is 1. The number of aromatic nitrogens is 3. The number of carbonyl (C=O) groups excluding carboxylic acids is 1. The molecule has 3 heterocycles.